The van der Waals surface area contributed by atoms with Crippen molar-refractivity contribution in [2.24, 2.45) is 0 Å². The molecule has 1 heterocycles. The highest BCUT2D eigenvalue weighted by Crippen LogP contribution is 2.36. The SMILES string of the molecule is CC(I)Sc1nc(C(=O)NCC(=O)O)c(O)c2ccccc12. The van der Waals surface area contributed by atoms with Crippen molar-refractivity contribution in [1.82, 2.24) is 10.3 Å². The number of aliphatic carboxylic acids is 1. The number of nitrogens with one attached hydrogen (secondary N) is 1. The van der Waals surface area contributed by atoms with Gasteiger partial charge in [0, 0.05) is 10.8 Å². The molecule has 3 N–H and O–H groups in total. The monoisotopic (exact) mass is 432 g/mol. The molecule has 2 rings (SSSR count). The predicted octanol–water partition coefficient (Wildman–Crippen LogP) is 2.63. The van der Waals surface area contributed by atoms with Crippen molar-refractivity contribution in [3.8, 4) is 5.75 Å². The highest BCUT2D eigenvalue weighted by molar-refractivity contribution is 14.1. The summed E-state index contributed by atoms with van der Waals surface area (Å²) in [6.07, 6.45) is 0. The molecule has 116 valence electrons. The standard InChI is InChI=1S/C14H13IN2O4S/c1-7(15)22-14-9-5-3-2-4-8(9)12(20)11(17-14)13(21)16-6-10(18)19/h2-5,7,20H,6H2,1H3,(H,16,21)(H,18,19). The number of hydrogen-bond donors (Lipinski definition) is 3. The minimum absolute atomic E-state index is 0.167. The number of thioether (sulfide) groups is 1. The van der Waals surface area contributed by atoms with Crippen molar-refractivity contribution in [3.63, 3.8) is 0 Å². The van der Waals surface area contributed by atoms with Gasteiger partial charge in [-0.05, 0) is 6.92 Å². The molecule has 6 nitrogen and oxygen atoms in total. The van der Waals surface area contributed by atoms with Gasteiger partial charge in [-0.3, -0.25) is 9.59 Å². The van der Waals surface area contributed by atoms with E-state index >= 15 is 0 Å². The summed E-state index contributed by atoms with van der Waals surface area (Å²) in [5.41, 5.74) is -0.167. The van der Waals surface area contributed by atoms with Gasteiger partial charge in [0.25, 0.3) is 5.91 Å². The second-order valence-electron chi connectivity index (χ2n) is 4.40. The first kappa shape index (κ1) is 16.8. The van der Waals surface area contributed by atoms with Gasteiger partial charge in [0.05, 0.1) is 3.26 Å². The summed E-state index contributed by atoms with van der Waals surface area (Å²) in [6, 6.07) is 7.10. The second kappa shape index (κ2) is 7.14. The molecule has 1 unspecified atom stereocenters. The summed E-state index contributed by atoms with van der Waals surface area (Å²) in [7, 11) is 0. The molecule has 0 saturated heterocycles. The Kier molecular flexibility index (Phi) is 5.46. The number of carboxylic acid groups (broad SMARTS) is 1. The molecule has 8 heteroatoms. The van der Waals surface area contributed by atoms with Crippen LogP contribution in [0.2, 0.25) is 0 Å². The van der Waals surface area contributed by atoms with Crippen molar-refractivity contribution < 1.29 is 19.8 Å². The lowest BCUT2D eigenvalue weighted by Crippen LogP contribution is -2.30. The molecule has 22 heavy (non-hydrogen) atoms. The summed E-state index contributed by atoms with van der Waals surface area (Å²) in [5, 5.41) is 23.0. The van der Waals surface area contributed by atoms with E-state index in [-0.39, 0.29) is 14.7 Å². The van der Waals surface area contributed by atoms with Crippen molar-refractivity contribution in [2.75, 3.05) is 6.54 Å². The number of carboxylic acids is 1. The zero-order valence-corrected chi connectivity index (χ0v) is 14.5. The highest BCUT2D eigenvalue weighted by atomic mass is 127. The molecule has 1 amide bonds. The summed E-state index contributed by atoms with van der Waals surface area (Å²) in [6.45, 7) is 1.46. The third kappa shape index (κ3) is 3.80. The van der Waals surface area contributed by atoms with E-state index in [1.165, 1.54) is 11.8 Å². The van der Waals surface area contributed by atoms with Crippen molar-refractivity contribution in [2.45, 2.75) is 15.2 Å². The largest absolute Gasteiger partial charge is 0.505 e. The van der Waals surface area contributed by atoms with Crippen LogP contribution in [0, 0.1) is 0 Å². The van der Waals surface area contributed by atoms with Gasteiger partial charge in [-0.25, -0.2) is 4.98 Å². The van der Waals surface area contributed by atoms with Crippen LogP contribution in [-0.4, -0.2) is 36.9 Å². The minimum Gasteiger partial charge on any atom is -0.505 e. The molecule has 0 saturated carbocycles. The van der Waals surface area contributed by atoms with Gasteiger partial charge in [-0.2, -0.15) is 0 Å². The molecule has 1 aromatic heterocycles. The minimum atomic E-state index is -1.16. The molecule has 1 aromatic carbocycles. The van der Waals surface area contributed by atoms with Gasteiger partial charge in [0.1, 0.15) is 11.6 Å². The molecule has 2 aromatic rings. The number of hydrogen-bond acceptors (Lipinski definition) is 5. The Morgan fingerprint density at radius 1 is 1.36 bits per heavy atom. The number of aromatic hydroxyl groups is 1. The van der Waals surface area contributed by atoms with E-state index in [9.17, 15) is 14.7 Å². The summed E-state index contributed by atoms with van der Waals surface area (Å²) in [4.78, 5) is 26.8. The fourth-order valence-corrected chi connectivity index (χ4v) is 3.34. The quantitative estimate of drug-likeness (QED) is 0.382. The third-order valence-corrected chi connectivity index (χ3v) is 4.36. The number of alkyl halides is 1. The van der Waals surface area contributed by atoms with E-state index in [1.807, 2.05) is 19.1 Å². The molecular weight excluding hydrogens is 419 g/mol. The van der Waals surface area contributed by atoms with Crippen LogP contribution in [0.3, 0.4) is 0 Å². The molecule has 0 aliphatic heterocycles. The number of rotatable bonds is 5. The number of benzene rings is 1. The van der Waals surface area contributed by atoms with Crippen molar-refractivity contribution in [1.29, 1.82) is 0 Å². The van der Waals surface area contributed by atoms with Crippen LogP contribution in [0.5, 0.6) is 5.75 Å². The van der Waals surface area contributed by atoms with Crippen molar-refractivity contribution in [3.05, 3.63) is 30.0 Å². The van der Waals surface area contributed by atoms with E-state index in [2.05, 4.69) is 32.9 Å². The second-order valence-corrected chi connectivity index (χ2v) is 8.44. The maximum absolute atomic E-state index is 12.0. The first-order valence-corrected chi connectivity index (χ1v) is 8.45. The fourth-order valence-electron chi connectivity index (χ4n) is 1.86. The average molecular weight is 432 g/mol. The van der Waals surface area contributed by atoms with Crippen molar-refractivity contribution >= 4 is 57.0 Å². The van der Waals surface area contributed by atoms with E-state index in [0.717, 1.165) is 5.39 Å². The van der Waals surface area contributed by atoms with Crippen LogP contribution in [0.4, 0.5) is 0 Å². The normalized spacial score (nSPS) is 12.1. The number of halogens is 1. The number of carbonyl (C=O) groups is 2. The Morgan fingerprint density at radius 2 is 2.00 bits per heavy atom. The number of fused-ring (bicyclic) bond motifs is 1. The number of aromatic nitrogens is 1. The van der Waals surface area contributed by atoms with Crippen LogP contribution in [0.25, 0.3) is 10.8 Å². The fraction of sp³-hybridized carbons (Fsp3) is 0.214. The van der Waals surface area contributed by atoms with Crippen LogP contribution in [0.15, 0.2) is 29.3 Å². The molecule has 0 aliphatic carbocycles. The Labute approximate surface area is 144 Å². The van der Waals surface area contributed by atoms with Gasteiger partial charge in [0.2, 0.25) is 0 Å². The molecule has 0 radical (unpaired) electrons. The molecular formula is C14H13IN2O4S. The maximum Gasteiger partial charge on any atom is 0.322 e. The van der Waals surface area contributed by atoms with E-state index in [1.54, 1.807) is 12.1 Å². The summed E-state index contributed by atoms with van der Waals surface area (Å²) < 4.78 is 0.216. The number of amides is 1. The Hall–Kier alpha value is -1.55. The zero-order valence-electron chi connectivity index (χ0n) is 11.5. The van der Waals surface area contributed by atoms with Gasteiger partial charge < -0.3 is 15.5 Å². The third-order valence-electron chi connectivity index (χ3n) is 2.74. The van der Waals surface area contributed by atoms with Crippen LogP contribution >= 0.6 is 34.4 Å². The lowest BCUT2D eigenvalue weighted by Gasteiger charge is -2.12. The van der Waals surface area contributed by atoms with E-state index in [4.69, 9.17) is 5.11 Å². The Bertz CT molecular complexity index is 736. The summed E-state index contributed by atoms with van der Waals surface area (Å²) in [5.74, 6) is -2.12. The van der Waals surface area contributed by atoms with E-state index in [0.29, 0.717) is 10.4 Å². The number of carbonyl (C=O) groups excluding carboxylic acids is 1. The molecule has 0 bridgehead atoms. The van der Waals surface area contributed by atoms with Gasteiger partial charge in [-0.15, -0.1) is 0 Å². The maximum atomic E-state index is 12.0. The highest BCUT2D eigenvalue weighted by Gasteiger charge is 2.20. The number of pyridine rings is 1. The van der Waals surface area contributed by atoms with Gasteiger partial charge in [0.15, 0.2) is 11.4 Å². The van der Waals surface area contributed by atoms with Crippen LogP contribution < -0.4 is 5.32 Å². The smallest absolute Gasteiger partial charge is 0.322 e. The molecule has 0 spiro atoms. The Balaban J connectivity index is 2.52. The summed E-state index contributed by atoms with van der Waals surface area (Å²) >= 11 is 3.68. The van der Waals surface area contributed by atoms with Crippen LogP contribution in [-0.2, 0) is 4.79 Å². The lowest BCUT2D eigenvalue weighted by atomic mass is 10.1. The van der Waals surface area contributed by atoms with Gasteiger partial charge >= 0.3 is 5.97 Å². The van der Waals surface area contributed by atoms with Gasteiger partial charge in [-0.1, -0.05) is 58.6 Å². The first-order valence-electron chi connectivity index (χ1n) is 6.32. The predicted molar refractivity (Wildman–Crippen MR) is 92.7 cm³/mol. The molecule has 0 fully saturated rings. The molecule has 0 aliphatic rings. The lowest BCUT2D eigenvalue weighted by molar-refractivity contribution is -0.135. The topological polar surface area (TPSA) is 99.5 Å². The first-order chi connectivity index (χ1) is 10.4. The Morgan fingerprint density at radius 3 is 2.59 bits per heavy atom. The molecule has 1 atom stereocenters. The zero-order chi connectivity index (χ0) is 16.3. The average Bonchev–Trinajstić information content (AvgIpc) is 2.47. The number of nitrogens with zero attached hydrogens (tertiary/aromatic N) is 1. The van der Waals surface area contributed by atoms with Crippen LogP contribution in [0.1, 0.15) is 17.4 Å². The van der Waals surface area contributed by atoms with E-state index < -0.39 is 18.4 Å².